The van der Waals surface area contributed by atoms with E-state index in [1.807, 2.05) is 42.5 Å². The van der Waals surface area contributed by atoms with Crippen LogP contribution in [0.3, 0.4) is 0 Å². The number of methoxy groups -OCH3 is 3. The van der Waals surface area contributed by atoms with E-state index in [0.29, 0.717) is 18.2 Å². The fourth-order valence-electron chi connectivity index (χ4n) is 1.89. The van der Waals surface area contributed by atoms with Gasteiger partial charge in [0.1, 0.15) is 5.75 Å². The molecule has 0 aliphatic heterocycles. The summed E-state index contributed by atoms with van der Waals surface area (Å²) in [7, 11) is 4.92. The highest BCUT2D eigenvalue weighted by molar-refractivity contribution is 6.32. The lowest BCUT2D eigenvalue weighted by Crippen LogP contribution is -2.02. The van der Waals surface area contributed by atoms with Crippen LogP contribution in [0.4, 0.5) is 0 Å². The quantitative estimate of drug-likeness (QED) is 0.571. The fourth-order valence-corrected chi connectivity index (χ4v) is 2.10. The maximum atomic E-state index is 8.07. The second-order valence-corrected chi connectivity index (χ2v) is 5.96. The van der Waals surface area contributed by atoms with E-state index < -0.39 is 0 Å². The van der Waals surface area contributed by atoms with Crippen molar-refractivity contribution in [3.8, 4) is 17.2 Å². The minimum Gasteiger partial charge on any atom is -0.495 e. The van der Waals surface area contributed by atoms with Crippen LogP contribution in [0, 0.1) is 0 Å². The molecule has 0 spiro atoms. The zero-order valence-corrected chi connectivity index (χ0v) is 18.1. The summed E-state index contributed by atoms with van der Waals surface area (Å²) in [6, 6.07) is 15.0. The number of hydrogen-bond acceptors (Lipinski definition) is 5. The topological polar surface area (TPSA) is 57.2 Å². The molecule has 0 aromatic heterocycles. The highest BCUT2D eigenvalue weighted by Crippen LogP contribution is 2.25. The number of unbranched alkanes of at least 4 members (excludes halogenated alkanes) is 1. The molecule has 0 bridgehead atoms. The normalized spacial score (nSPS) is 9.36. The number of aliphatic hydroxyl groups excluding tert-OH is 1. The van der Waals surface area contributed by atoms with Crippen LogP contribution in [-0.4, -0.2) is 46.3 Å². The van der Waals surface area contributed by atoms with E-state index in [-0.39, 0.29) is 0 Å². The van der Waals surface area contributed by atoms with Crippen molar-refractivity contribution < 1.29 is 24.1 Å². The van der Waals surface area contributed by atoms with E-state index in [1.165, 1.54) is 0 Å². The molecule has 0 saturated carbocycles. The van der Waals surface area contributed by atoms with Gasteiger partial charge >= 0.3 is 0 Å². The Morgan fingerprint density at radius 1 is 0.786 bits per heavy atom. The number of hydrogen-bond donors (Lipinski definition) is 1. The Hall–Kier alpha value is -1.95. The fraction of sp³-hybridized carbons (Fsp3) is 0.455. The highest BCUT2D eigenvalue weighted by Gasteiger charge is 2.01. The average molecular weight is 413 g/mol. The first-order valence-electron chi connectivity index (χ1n) is 9.28. The number of rotatable bonds is 9. The molecule has 0 amide bonds. The summed E-state index contributed by atoms with van der Waals surface area (Å²) in [5.41, 5.74) is 0. The lowest BCUT2D eigenvalue weighted by atomic mass is 10.3. The summed E-state index contributed by atoms with van der Waals surface area (Å²) < 4.78 is 20.5. The van der Waals surface area contributed by atoms with Gasteiger partial charge in [-0.3, -0.25) is 0 Å². The molecule has 0 aliphatic rings. The minimum absolute atomic E-state index is 0.344. The molecule has 2 rings (SSSR count). The Balaban J connectivity index is 0.000000445. The van der Waals surface area contributed by atoms with Gasteiger partial charge in [0, 0.05) is 26.7 Å². The molecule has 2 aromatic rings. The maximum Gasteiger partial charge on any atom is 0.161 e. The van der Waals surface area contributed by atoms with Crippen LogP contribution in [-0.2, 0) is 4.74 Å². The van der Waals surface area contributed by atoms with Gasteiger partial charge in [0.2, 0.25) is 0 Å². The minimum atomic E-state index is 0.344. The van der Waals surface area contributed by atoms with Crippen LogP contribution in [0.1, 0.15) is 26.2 Å². The van der Waals surface area contributed by atoms with Crippen LogP contribution in [0.5, 0.6) is 17.2 Å². The van der Waals surface area contributed by atoms with Gasteiger partial charge in [-0.25, -0.2) is 0 Å². The maximum absolute atomic E-state index is 8.07. The van der Waals surface area contributed by atoms with Gasteiger partial charge in [0.25, 0.3) is 0 Å². The third kappa shape index (κ3) is 12.4. The molecule has 28 heavy (non-hydrogen) atoms. The summed E-state index contributed by atoms with van der Waals surface area (Å²) >= 11 is 5.70. The number of halogens is 1. The molecule has 2 aromatic carbocycles. The van der Waals surface area contributed by atoms with Gasteiger partial charge < -0.3 is 24.1 Å². The molecule has 0 atom stereocenters. The first-order valence-corrected chi connectivity index (χ1v) is 9.66. The Morgan fingerprint density at radius 2 is 1.36 bits per heavy atom. The lowest BCUT2D eigenvalue weighted by Gasteiger charge is -2.09. The van der Waals surface area contributed by atoms with E-state index in [9.17, 15) is 0 Å². The monoisotopic (exact) mass is 412 g/mol. The standard InChI is InChI=1S/C11H16O3.C7H7ClO.C4H10O/c1-12-8-5-9-14-11-7-4-3-6-10(11)13-2;1-9-7-5-3-2-4-6(7)8;1-2-3-4-5/h3-4,6-7H,5,8-9H2,1-2H3;2-5H,1H3;5H,2-4H2,1H3. The first-order chi connectivity index (χ1) is 13.6. The van der Waals surface area contributed by atoms with Crippen molar-refractivity contribution >= 4 is 11.6 Å². The molecule has 0 heterocycles. The smallest absolute Gasteiger partial charge is 0.161 e. The third-order valence-corrected chi connectivity index (χ3v) is 3.70. The van der Waals surface area contributed by atoms with Crippen LogP contribution >= 0.6 is 11.6 Å². The lowest BCUT2D eigenvalue weighted by molar-refractivity contribution is 0.170. The summed E-state index contributed by atoms with van der Waals surface area (Å²) in [5, 5.41) is 8.72. The van der Waals surface area contributed by atoms with Gasteiger partial charge in [-0.1, -0.05) is 49.2 Å². The summed E-state index contributed by atoms with van der Waals surface area (Å²) in [5.74, 6) is 2.27. The Kier molecular flexibility index (Phi) is 17.1. The summed E-state index contributed by atoms with van der Waals surface area (Å²) in [4.78, 5) is 0. The van der Waals surface area contributed by atoms with Crippen LogP contribution in [0.2, 0.25) is 5.02 Å². The molecule has 5 nitrogen and oxygen atoms in total. The number of ether oxygens (including phenoxy) is 4. The molecule has 1 N–H and O–H groups in total. The molecule has 6 heteroatoms. The zero-order valence-electron chi connectivity index (χ0n) is 17.3. The van der Waals surface area contributed by atoms with E-state index in [1.54, 1.807) is 27.4 Å². The average Bonchev–Trinajstić information content (AvgIpc) is 2.73. The predicted octanol–water partition coefficient (Wildman–Crippen LogP) is 5.24. The van der Waals surface area contributed by atoms with Gasteiger partial charge in [-0.2, -0.15) is 0 Å². The molecule has 0 radical (unpaired) electrons. The predicted molar refractivity (Wildman–Crippen MR) is 115 cm³/mol. The second kappa shape index (κ2) is 18.4. The Morgan fingerprint density at radius 3 is 1.79 bits per heavy atom. The molecule has 0 saturated heterocycles. The Labute approximate surface area is 174 Å². The second-order valence-electron chi connectivity index (χ2n) is 5.56. The van der Waals surface area contributed by atoms with E-state index >= 15 is 0 Å². The first kappa shape index (κ1) is 26.1. The molecule has 158 valence electrons. The van der Waals surface area contributed by atoms with E-state index in [2.05, 4.69) is 6.92 Å². The van der Waals surface area contributed by atoms with Crippen LogP contribution < -0.4 is 14.2 Å². The molecule has 0 fully saturated rings. The Bertz CT molecular complexity index is 605. The number of aliphatic hydroxyl groups is 1. The molecule has 0 unspecified atom stereocenters. The molecule has 0 aliphatic carbocycles. The van der Waals surface area contributed by atoms with Crippen molar-refractivity contribution in [3.05, 3.63) is 53.6 Å². The number of para-hydroxylation sites is 3. The van der Waals surface area contributed by atoms with Gasteiger partial charge in [0.15, 0.2) is 11.5 Å². The van der Waals surface area contributed by atoms with Crippen LogP contribution in [0.25, 0.3) is 0 Å². The van der Waals surface area contributed by atoms with Gasteiger partial charge in [-0.05, 0) is 30.7 Å². The highest BCUT2D eigenvalue weighted by atomic mass is 35.5. The number of benzene rings is 2. The SMILES string of the molecule is CCCCO.COCCCOc1ccccc1OC.COc1ccccc1Cl. The van der Waals surface area contributed by atoms with E-state index in [4.69, 9.17) is 35.7 Å². The van der Waals surface area contributed by atoms with Crippen molar-refractivity contribution in [1.82, 2.24) is 0 Å². The van der Waals surface area contributed by atoms with Gasteiger partial charge in [-0.15, -0.1) is 0 Å². The molecular weight excluding hydrogens is 380 g/mol. The summed E-state index contributed by atoms with van der Waals surface area (Å²) in [6.45, 7) is 3.76. The van der Waals surface area contributed by atoms with Crippen molar-refractivity contribution in [2.24, 2.45) is 0 Å². The molecular formula is C22H33ClO5. The van der Waals surface area contributed by atoms with Crippen LogP contribution in [0.15, 0.2) is 48.5 Å². The largest absolute Gasteiger partial charge is 0.495 e. The summed E-state index contributed by atoms with van der Waals surface area (Å²) in [6.07, 6.45) is 2.92. The zero-order chi connectivity index (χ0) is 21.0. The van der Waals surface area contributed by atoms with Crippen molar-refractivity contribution in [2.75, 3.05) is 41.2 Å². The third-order valence-electron chi connectivity index (χ3n) is 3.39. The van der Waals surface area contributed by atoms with Gasteiger partial charge in [0.05, 0.1) is 25.8 Å². The van der Waals surface area contributed by atoms with Crippen molar-refractivity contribution in [1.29, 1.82) is 0 Å². The van der Waals surface area contributed by atoms with Crippen molar-refractivity contribution in [2.45, 2.75) is 26.2 Å². The van der Waals surface area contributed by atoms with E-state index in [0.717, 1.165) is 43.1 Å². The van der Waals surface area contributed by atoms with Crippen molar-refractivity contribution in [3.63, 3.8) is 0 Å².